The standard InChI is InChI=1S/C28H31F3N6O6/c1-26(25(32)39)14-43-22-18(26)11-20(34-23(22)36-5-7-42-8-6-36)27(40,28(29,30)31)13-33-24(38)15-9-16-12-37(17-3-4-17)35-21(16)19(10-15)41-2/h9-12,17,40H,3-8,13-14H2,1-2H3,(H2,32,39)(H,33,38)/t26-,27?/m0/s1. The predicted molar refractivity (Wildman–Crippen MR) is 146 cm³/mol. The maximum absolute atomic E-state index is 14.7. The van der Waals surface area contributed by atoms with Gasteiger partial charge in [0.2, 0.25) is 11.5 Å². The fraction of sp³-hybridized carbons (Fsp3) is 0.500. The summed E-state index contributed by atoms with van der Waals surface area (Å²) >= 11 is 0. The third-order valence-corrected chi connectivity index (χ3v) is 8.30. The fourth-order valence-electron chi connectivity index (χ4n) is 5.35. The molecule has 2 aliphatic heterocycles. The number of carbonyl (C=O) groups excluding carboxylic acids is 2. The lowest BCUT2D eigenvalue weighted by Gasteiger charge is -2.34. The monoisotopic (exact) mass is 604 g/mol. The average molecular weight is 605 g/mol. The van der Waals surface area contributed by atoms with E-state index >= 15 is 0 Å². The molecule has 1 aromatic carbocycles. The molecule has 1 unspecified atom stereocenters. The van der Waals surface area contributed by atoms with E-state index in [0.717, 1.165) is 18.9 Å². The Kier molecular flexibility index (Phi) is 6.92. The number of fused-ring (bicyclic) bond motifs is 2. The lowest BCUT2D eigenvalue weighted by molar-refractivity contribution is -0.265. The molecular formula is C28H31F3N6O6. The lowest BCUT2D eigenvalue weighted by atomic mass is 9.82. The number of amides is 2. The number of morpholine rings is 1. The Morgan fingerprint density at radius 3 is 2.58 bits per heavy atom. The molecule has 4 N–H and O–H groups in total. The number of nitrogens with zero attached hydrogens (tertiary/aromatic N) is 4. The summed E-state index contributed by atoms with van der Waals surface area (Å²) in [7, 11) is 1.41. The van der Waals surface area contributed by atoms with Gasteiger partial charge in [-0.1, -0.05) is 0 Å². The summed E-state index contributed by atoms with van der Waals surface area (Å²) in [6.45, 7) is 1.16. The van der Waals surface area contributed by atoms with Crippen LogP contribution < -0.4 is 25.4 Å². The number of aromatic nitrogens is 3. The molecule has 1 aliphatic carbocycles. The maximum atomic E-state index is 14.7. The normalized spacial score (nSPS) is 21.7. The van der Waals surface area contributed by atoms with Crippen molar-refractivity contribution in [1.29, 1.82) is 0 Å². The molecule has 43 heavy (non-hydrogen) atoms. The Morgan fingerprint density at radius 2 is 1.95 bits per heavy atom. The molecule has 3 aromatic rings. The molecule has 4 heterocycles. The van der Waals surface area contributed by atoms with Gasteiger partial charge < -0.3 is 35.3 Å². The van der Waals surface area contributed by atoms with Crippen molar-refractivity contribution in [2.45, 2.75) is 43.0 Å². The smallest absolute Gasteiger partial charge is 0.424 e. The quantitative estimate of drug-likeness (QED) is 0.350. The Balaban J connectivity index is 1.36. The molecule has 12 nitrogen and oxygen atoms in total. The van der Waals surface area contributed by atoms with Crippen LogP contribution in [0.1, 0.15) is 47.4 Å². The molecule has 2 amide bonds. The number of rotatable bonds is 8. The zero-order chi connectivity index (χ0) is 30.7. The van der Waals surface area contributed by atoms with Crippen LogP contribution in [0.2, 0.25) is 0 Å². The highest BCUT2D eigenvalue weighted by atomic mass is 19.4. The third kappa shape index (κ3) is 4.89. The molecule has 2 aromatic heterocycles. The van der Waals surface area contributed by atoms with Gasteiger partial charge in [0.05, 0.1) is 38.6 Å². The van der Waals surface area contributed by atoms with Crippen LogP contribution >= 0.6 is 0 Å². The SMILES string of the molecule is COc1cc(C(=O)NCC(O)(c2cc3c(c(N4CCOCC4)n2)OC[C@]3(C)C(N)=O)C(F)(F)F)cc2cn(C3CC3)nc12. The molecule has 15 heteroatoms. The van der Waals surface area contributed by atoms with E-state index in [-0.39, 0.29) is 41.1 Å². The Labute approximate surface area is 243 Å². The Bertz CT molecular complexity index is 1600. The fourth-order valence-corrected chi connectivity index (χ4v) is 5.35. The van der Waals surface area contributed by atoms with Gasteiger partial charge in [-0.15, -0.1) is 0 Å². The van der Waals surface area contributed by atoms with E-state index in [1.807, 2.05) is 0 Å². The second-order valence-electron chi connectivity index (χ2n) is 11.3. The summed E-state index contributed by atoms with van der Waals surface area (Å²) in [5, 5.41) is 18.6. The van der Waals surface area contributed by atoms with Crippen LogP contribution in [0.25, 0.3) is 10.9 Å². The Hall–Kier alpha value is -4.11. The van der Waals surface area contributed by atoms with Gasteiger partial charge in [0, 0.05) is 35.8 Å². The molecule has 2 atom stereocenters. The molecule has 1 saturated carbocycles. The van der Waals surface area contributed by atoms with Crippen molar-refractivity contribution in [2.75, 3.05) is 51.5 Å². The average Bonchev–Trinajstić information content (AvgIpc) is 3.65. The molecule has 0 radical (unpaired) electrons. The molecule has 2 fully saturated rings. The number of hydrogen-bond donors (Lipinski definition) is 3. The molecule has 3 aliphatic rings. The van der Waals surface area contributed by atoms with Crippen molar-refractivity contribution in [3.63, 3.8) is 0 Å². The molecule has 230 valence electrons. The molecule has 0 spiro atoms. The minimum absolute atomic E-state index is 0.0230. The first-order valence-electron chi connectivity index (χ1n) is 13.8. The minimum Gasteiger partial charge on any atom is -0.494 e. The number of hydrogen-bond acceptors (Lipinski definition) is 9. The first-order valence-corrected chi connectivity index (χ1v) is 13.8. The van der Waals surface area contributed by atoms with Gasteiger partial charge in [-0.3, -0.25) is 14.3 Å². The van der Waals surface area contributed by atoms with Gasteiger partial charge >= 0.3 is 6.18 Å². The highest BCUT2D eigenvalue weighted by Crippen LogP contribution is 2.48. The molecule has 6 rings (SSSR count). The van der Waals surface area contributed by atoms with Crippen LogP contribution in [0.4, 0.5) is 19.0 Å². The van der Waals surface area contributed by atoms with E-state index < -0.39 is 41.2 Å². The summed E-state index contributed by atoms with van der Waals surface area (Å²) < 4.78 is 62.4. The van der Waals surface area contributed by atoms with Gasteiger partial charge in [0.15, 0.2) is 11.6 Å². The first-order chi connectivity index (χ1) is 20.4. The second kappa shape index (κ2) is 10.3. The number of aliphatic hydroxyl groups is 1. The van der Waals surface area contributed by atoms with Crippen molar-refractivity contribution in [3.05, 3.63) is 41.2 Å². The number of primary amides is 1. The largest absolute Gasteiger partial charge is 0.494 e. The number of nitrogens with two attached hydrogens (primary N) is 1. The van der Waals surface area contributed by atoms with Crippen molar-refractivity contribution in [1.82, 2.24) is 20.1 Å². The van der Waals surface area contributed by atoms with E-state index in [1.165, 1.54) is 26.2 Å². The topological polar surface area (TPSA) is 154 Å². The Morgan fingerprint density at radius 1 is 1.23 bits per heavy atom. The van der Waals surface area contributed by atoms with E-state index in [4.69, 9.17) is 19.9 Å². The summed E-state index contributed by atoms with van der Waals surface area (Å²) in [4.78, 5) is 31.5. The number of benzene rings is 1. The number of ether oxygens (including phenoxy) is 3. The third-order valence-electron chi connectivity index (χ3n) is 8.30. The van der Waals surface area contributed by atoms with Crippen molar-refractivity contribution in [2.24, 2.45) is 5.73 Å². The molecule has 0 bridgehead atoms. The number of nitrogens with one attached hydrogen (secondary N) is 1. The van der Waals surface area contributed by atoms with Gasteiger partial charge in [-0.25, -0.2) is 4.98 Å². The summed E-state index contributed by atoms with van der Waals surface area (Å²) in [5.41, 5.74) is 0.342. The van der Waals surface area contributed by atoms with Crippen LogP contribution in [0.3, 0.4) is 0 Å². The summed E-state index contributed by atoms with van der Waals surface area (Å²) in [6.07, 6.45) is -1.56. The van der Waals surface area contributed by atoms with Gasteiger partial charge in [0.25, 0.3) is 5.91 Å². The number of anilines is 1. The molecule has 1 saturated heterocycles. The van der Waals surface area contributed by atoms with Crippen LogP contribution in [0, 0.1) is 0 Å². The van der Waals surface area contributed by atoms with Gasteiger partial charge in [-0.05, 0) is 38.0 Å². The number of alkyl halides is 3. The molecular weight excluding hydrogens is 573 g/mol. The van der Waals surface area contributed by atoms with E-state index in [9.17, 15) is 27.9 Å². The van der Waals surface area contributed by atoms with Crippen LogP contribution in [0.5, 0.6) is 11.5 Å². The van der Waals surface area contributed by atoms with E-state index in [2.05, 4.69) is 15.4 Å². The van der Waals surface area contributed by atoms with Crippen molar-refractivity contribution >= 4 is 28.5 Å². The van der Waals surface area contributed by atoms with Gasteiger partial charge in [0.1, 0.15) is 23.3 Å². The number of halogens is 3. The first kappa shape index (κ1) is 29.0. The van der Waals surface area contributed by atoms with Crippen LogP contribution in [0.15, 0.2) is 24.4 Å². The number of carbonyl (C=O) groups is 2. The summed E-state index contributed by atoms with van der Waals surface area (Å²) in [6, 6.07) is 4.14. The number of pyridine rings is 1. The van der Waals surface area contributed by atoms with Gasteiger partial charge in [-0.2, -0.15) is 18.3 Å². The highest BCUT2D eigenvalue weighted by molar-refractivity contribution is 6.00. The van der Waals surface area contributed by atoms with Crippen LogP contribution in [-0.4, -0.2) is 84.4 Å². The number of methoxy groups -OCH3 is 1. The maximum Gasteiger partial charge on any atom is 0.424 e. The second-order valence-corrected chi connectivity index (χ2v) is 11.3. The van der Waals surface area contributed by atoms with Crippen LogP contribution in [-0.2, 0) is 20.5 Å². The van der Waals surface area contributed by atoms with Crippen molar-refractivity contribution in [3.8, 4) is 11.5 Å². The predicted octanol–water partition coefficient (Wildman–Crippen LogP) is 1.93. The van der Waals surface area contributed by atoms with Crippen molar-refractivity contribution < 1.29 is 42.1 Å². The van der Waals surface area contributed by atoms with E-state index in [0.29, 0.717) is 37.2 Å². The van der Waals surface area contributed by atoms with E-state index in [1.54, 1.807) is 15.8 Å². The highest BCUT2D eigenvalue weighted by Gasteiger charge is 2.58. The summed E-state index contributed by atoms with van der Waals surface area (Å²) in [5.74, 6) is -1.25. The lowest BCUT2D eigenvalue weighted by Crippen LogP contribution is -2.52. The zero-order valence-corrected chi connectivity index (χ0v) is 23.5. The zero-order valence-electron chi connectivity index (χ0n) is 23.5. The minimum atomic E-state index is -5.28.